The van der Waals surface area contributed by atoms with E-state index in [1.807, 2.05) is 13.8 Å². The highest BCUT2D eigenvalue weighted by Crippen LogP contribution is 2.11. The van der Waals surface area contributed by atoms with E-state index in [1.54, 1.807) is 18.1 Å². The SMILES string of the molecule is CN=C(NCCn1cncn1)NCc1c(C)noc1C.I. The Morgan fingerprint density at radius 1 is 1.38 bits per heavy atom. The first-order valence-electron chi connectivity index (χ1n) is 6.39. The molecule has 9 heteroatoms. The molecule has 0 radical (unpaired) electrons. The number of aromatic nitrogens is 4. The topological polar surface area (TPSA) is 93.2 Å². The molecular weight excluding hydrogens is 385 g/mol. The van der Waals surface area contributed by atoms with Gasteiger partial charge in [-0.25, -0.2) is 4.98 Å². The molecule has 0 fully saturated rings. The minimum absolute atomic E-state index is 0. The van der Waals surface area contributed by atoms with Crippen LogP contribution in [0.4, 0.5) is 0 Å². The predicted octanol–water partition coefficient (Wildman–Crippen LogP) is 0.866. The third kappa shape index (κ3) is 4.99. The number of hydrogen-bond acceptors (Lipinski definition) is 5. The molecule has 0 amide bonds. The fraction of sp³-hybridized carbons (Fsp3) is 0.500. The zero-order chi connectivity index (χ0) is 14.4. The Balaban J connectivity index is 0.00000220. The maximum Gasteiger partial charge on any atom is 0.191 e. The van der Waals surface area contributed by atoms with Crippen molar-refractivity contribution in [2.45, 2.75) is 26.9 Å². The van der Waals surface area contributed by atoms with Gasteiger partial charge in [-0.1, -0.05) is 5.16 Å². The average Bonchev–Trinajstić information content (AvgIpc) is 3.06. The fourth-order valence-corrected chi connectivity index (χ4v) is 1.78. The third-order valence-electron chi connectivity index (χ3n) is 2.94. The molecule has 2 aromatic rings. The maximum atomic E-state index is 5.12. The molecule has 0 aliphatic heterocycles. The van der Waals surface area contributed by atoms with E-state index in [-0.39, 0.29) is 24.0 Å². The largest absolute Gasteiger partial charge is 0.361 e. The van der Waals surface area contributed by atoms with Crippen molar-refractivity contribution in [3.8, 4) is 0 Å². The van der Waals surface area contributed by atoms with E-state index < -0.39 is 0 Å². The molecule has 0 saturated carbocycles. The van der Waals surface area contributed by atoms with E-state index >= 15 is 0 Å². The summed E-state index contributed by atoms with van der Waals surface area (Å²) in [5.74, 6) is 1.55. The smallest absolute Gasteiger partial charge is 0.191 e. The van der Waals surface area contributed by atoms with Gasteiger partial charge in [0.2, 0.25) is 0 Å². The van der Waals surface area contributed by atoms with E-state index in [4.69, 9.17) is 4.52 Å². The highest BCUT2D eigenvalue weighted by molar-refractivity contribution is 14.0. The Kier molecular flexibility index (Phi) is 7.12. The number of hydrogen-bond donors (Lipinski definition) is 2. The van der Waals surface area contributed by atoms with Gasteiger partial charge in [0.15, 0.2) is 5.96 Å². The lowest BCUT2D eigenvalue weighted by Gasteiger charge is -2.11. The molecule has 0 aliphatic rings. The van der Waals surface area contributed by atoms with Crippen molar-refractivity contribution >= 4 is 29.9 Å². The van der Waals surface area contributed by atoms with Gasteiger partial charge in [-0.3, -0.25) is 9.67 Å². The van der Waals surface area contributed by atoms with Crippen molar-refractivity contribution < 1.29 is 4.52 Å². The zero-order valence-corrected chi connectivity index (χ0v) is 14.7. The summed E-state index contributed by atoms with van der Waals surface area (Å²) in [6.45, 7) is 5.90. The molecule has 0 spiro atoms. The molecule has 2 rings (SSSR count). The Morgan fingerprint density at radius 2 is 2.19 bits per heavy atom. The molecule has 0 aromatic carbocycles. The number of nitrogens with one attached hydrogen (secondary N) is 2. The lowest BCUT2D eigenvalue weighted by Crippen LogP contribution is -2.38. The van der Waals surface area contributed by atoms with Crippen LogP contribution in [0.15, 0.2) is 22.2 Å². The van der Waals surface area contributed by atoms with Crippen molar-refractivity contribution in [1.82, 2.24) is 30.6 Å². The molecule has 2 aromatic heterocycles. The molecule has 0 atom stereocenters. The molecular formula is C12H20IN7O. The van der Waals surface area contributed by atoms with Gasteiger partial charge in [0.25, 0.3) is 0 Å². The first kappa shape index (κ1) is 17.4. The summed E-state index contributed by atoms with van der Waals surface area (Å²) in [6, 6.07) is 0. The summed E-state index contributed by atoms with van der Waals surface area (Å²) in [4.78, 5) is 8.05. The summed E-state index contributed by atoms with van der Waals surface area (Å²) < 4.78 is 6.88. The van der Waals surface area contributed by atoms with Gasteiger partial charge in [-0.15, -0.1) is 24.0 Å². The monoisotopic (exact) mass is 405 g/mol. The number of rotatable bonds is 5. The van der Waals surface area contributed by atoms with E-state index in [0.29, 0.717) is 13.1 Å². The quantitative estimate of drug-likeness (QED) is 0.436. The molecule has 0 aliphatic carbocycles. The first-order valence-corrected chi connectivity index (χ1v) is 6.39. The number of guanidine groups is 1. The predicted molar refractivity (Wildman–Crippen MR) is 89.6 cm³/mol. The van der Waals surface area contributed by atoms with Gasteiger partial charge in [0.05, 0.1) is 12.2 Å². The molecule has 116 valence electrons. The van der Waals surface area contributed by atoms with Crippen LogP contribution in [0.5, 0.6) is 0 Å². The fourth-order valence-electron chi connectivity index (χ4n) is 1.78. The van der Waals surface area contributed by atoms with Gasteiger partial charge in [0.1, 0.15) is 18.4 Å². The van der Waals surface area contributed by atoms with Crippen LogP contribution in [0.2, 0.25) is 0 Å². The summed E-state index contributed by atoms with van der Waals surface area (Å²) in [7, 11) is 1.73. The Labute approximate surface area is 140 Å². The normalized spacial score (nSPS) is 11.1. The van der Waals surface area contributed by atoms with E-state index in [1.165, 1.54) is 6.33 Å². The van der Waals surface area contributed by atoms with Gasteiger partial charge in [-0.2, -0.15) is 5.10 Å². The summed E-state index contributed by atoms with van der Waals surface area (Å²) in [5, 5.41) is 14.4. The Bertz CT molecular complexity index is 545. The first-order chi connectivity index (χ1) is 9.70. The molecule has 0 saturated heterocycles. The Morgan fingerprint density at radius 3 is 2.76 bits per heavy atom. The second kappa shape index (κ2) is 8.60. The second-order valence-electron chi connectivity index (χ2n) is 4.31. The minimum Gasteiger partial charge on any atom is -0.361 e. The molecule has 8 nitrogen and oxygen atoms in total. The number of nitrogens with zero attached hydrogens (tertiary/aromatic N) is 5. The molecule has 2 heterocycles. The highest BCUT2D eigenvalue weighted by atomic mass is 127. The van der Waals surface area contributed by atoms with Gasteiger partial charge >= 0.3 is 0 Å². The van der Waals surface area contributed by atoms with Crippen LogP contribution in [0.1, 0.15) is 17.0 Å². The van der Waals surface area contributed by atoms with Crippen LogP contribution in [0.3, 0.4) is 0 Å². The second-order valence-corrected chi connectivity index (χ2v) is 4.31. The average molecular weight is 405 g/mol. The standard InChI is InChI=1S/C12H19N7O.HI/c1-9-11(10(2)20-18-9)6-16-12(13-3)15-4-5-19-8-14-7-17-19;/h7-8H,4-6H2,1-3H3,(H2,13,15,16);1H. The van der Waals surface area contributed by atoms with Crippen LogP contribution in [-0.4, -0.2) is 39.5 Å². The van der Waals surface area contributed by atoms with E-state index in [2.05, 4.69) is 30.9 Å². The van der Waals surface area contributed by atoms with Crippen molar-refractivity contribution in [3.05, 3.63) is 29.7 Å². The van der Waals surface area contributed by atoms with Crippen LogP contribution < -0.4 is 10.6 Å². The number of aryl methyl sites for hydroxylation is 2. The van der Waals surface area contributed by atoms with E-state index in [0.717, 1.165) is 29.5 Å². The summed E-state index contributed by atoms with van der Waals surface area (Å²) in [6.07, 6.45) is 3.20. The van der Waals surface area contributed by atoms with Crippen LogP contribution in [-0.2, 0) is 13.1 Å². The lowest BCUT2D eigenvalue weighted by atomic mass is 10.2. The highest BCUT2D eigenvalue weighted by Gasteiger charge is 2.09. The summed E-state index contributed by atoms with van der Waals surface area (Å²) in [5.41, 5.74) is 1.96. The number of aliphatic imine (C=N–C) groups is 1. The molecule has 0 unspecified atom stereocenters. The number of halogens is 1. The molecule has 2 N–H and O–H groups in total. The van der Waals surface area contributed by atoms with Crippen LogP contribution in [0.25, 0.3) is 0 Å². The van der Waals surface area contributed by atoms with E-state index in [9.17, 15) is 0 Å². The Hall–Kier alpha value is -1.65. The van der Waals surface area contributed by atoms with Gasteiger partial charge in [-0.05, 0) is 13.8 Å². The van der Waals surface area contributed by atoms with Crippen molar-refractivity contribution in [2.75, 3.05) is 13.6 Å². The summed E-state index contributed by atoms with van der Waals surface area (Å²) >= 11 is 0. The van der Waals surface area contributed by atoms with Crippen molar-refractivity contribution in [3.63, 3.8) is 0 Å². The van der Waals surface area contributed by atoms with Crippen LogP contribution >= 0.6 is 24.0 Å². The van der Waals surface area contributed by atoms with Crippen LogP contribution in [0, 0.1) is 13.8 Å². The molecule has 0 bridgehead atoms. The minimum atomic E-state index is 0. The lowest BCUT2D eigenvalue weighted by molar-refractivity contribution is 0.392. The zero-order valence-electron chi connectivity index (χ0n) is 12.3. The maximum absolute atomic E-state index is 5.12. The molecule has 21 heavy (non-hydrogen) atoms. The van der Waals surface area contributed by atoms with Gasteiger partial charge in [0, 0.05) is 25.7 Å². The van der Waals surface area contributed by atoms with Crippen molar-refractivity contribution in [2.24, 2.45) is 4.99 Å². The van der Waals surface area contributed by atoms with Crippen molar-refractivity contribution in [1.29, 1.82) is 0 Å². The third-order valence-corrected chi connectivity index (χ3v) is 2.94. The van der Waals surface area contributed by atoms with Gasteiger partial charge < -0.3 is 15.2 Å².